The minimum absolute atomic E-state index is 0.00411. The van der Waals surface area contributed by atoms with Crippen LogP contribution in [-0.4, -0.2) is 67.7 Å². The maximum atomic E-state index is 14.9. The highest BCUT2D eigenvalue weighted by Crippen LogP contribution is 2.61. The third-order valence-corrected chi connectivity index (χ3v) is 8.74. The fraction of sp³-hybridized carbons (Fsp3) is 0.381. The molecule has 2 fully saturated rings. The van der Waals surface area contributed by atoms with Gasteiger partial charge in [0.1, 0.15) is 27.8 Å². The fourth-order valence-corrected chi connectivity index (χ4v) is 6.94. The van der Waals surface area contributed by atoms with E-state index in [-0.39, 0.29) is 41.6 Å². The second kappa shape index (κ2) is 8.33. The van der Waals surface area contributed by atoms with Crippen LogP contribution in [0.4, 0.5) is 23.2 Å². The monoisotopic (exact) mass is 517 g/mol. The van der Waals surface area contributed by atoms with Crippen molar-refractivity contribution in [1.29, 1.82) is 5.41 Å². The van der Waals surface area contributed by atoms with E-state index in [0.29, 0.717) is 0 Å². The summed E-state index contributed by atoms with van der Waals surface area (Å²) in [5.74, 6) is -2.38. The molecule has 1 aromatic carbocycles. The Hall–Kier alpha value is -2.94. The van der Waals surface area contributed by atoms with Crippen LogP contribution in [0.3, 0.4) is 0 Å². The summed E-state index contributed by atoms with van der Waals surface area (Å²) >= 11 is 0. The van der Waals surface area contributed by atoms with Crippen molar-refractivity contribution in [2.45, 2.75) is 23.6 Å². The van der Waals surface area contributed by atoms with Crippen LogP contribution in [0.5, 0.6) is 5.75 Å². The second-order valence-corrected chi connectivity index (χ2v) is 11.3. The number of likely N-dealkylation sites (tertiary alicyclic amines) is 1. The average Bonchev–Trinajstić information content (AvgIpc) is 2.70. The van der Waals surface area contributed by atoms with Crippen molar-refractivity contribution in [2.24, 2.45) is 0 Å². The molecule has 0 unspecified atom stereocenters. The van der Waals surface area contributed by atoms with E-state index in [1.807, 2.05) is 4.90 Å². The molecule has 0 saturated carbocycles. The zero-order valence-electron chi connectivity index (χ0n) is 18.6. The number of benzene rings is 1. The van der Waals surface area contributed by atoms with Crippen molar-refractivity contribution in [3.05, 3.63) is 53.6 Å². The first-order valence-electron chi connectivity index (χ1n) is 10.3. The lowest BCUT2D eigenvalue weighted by Gasteiger charge is -2.64. The first-order chi connectivity index (χ1) is 16.1. The zero-order chi connectivity index (χ0) is 25.8. The molecule has 1 spiro atoms. The Balaban J connectivity index is 1.54. The van der Waals surface area contributed by atoms with Gasteiger partial charge in [-0.1, -0.05) is 0 Å². The predicted octanol–water partition coefficient (Wildman–Crippen LogP) is 3.60. The van der Waals surface area contributed by atoms with Crippen LogP contribution in [0.2, 0.25) is 0 Å². The minimum atomic E-state index is -4.90. The Morgan fingerprint density at radius 2 is 1.97 bits per heavy atom. The van der Waals surface area contributed by atoms with Gasteiger partial charge in [-0.3, -0.25) is 19.3 Å². The van der Waals surface area contributed by atoms with Crippen LogP contribution >= 0.6 is 10.6 Å². The standard InChI is InChI=1S/C21H23F4N5O4S/c1-19(11-35(32,33)20(18(26)29-19)9-30(2)10-20)14-7-12(3-5-15(14)22)28-17(31)16-6-4-13(8-27-16)34-21(23,24)25/h3-8,32-33H,9-11H2,1-2H3,(H2,26,29)(H,28,31)/t19-/m0/s1. The molecule has 1 aromatic heterocycles. The van der Waals surface area contributed by atoms with Crippen molar-refractivity contribution in [2.75, 3.05) is 31.2 Å². The predicted molar refractivity (Wildman–Crippen MR) is 121 cm³/mol. The number of aromatic nitrogens is 1. The van der Waals surface area contributed by atoms with Crippen molar-refractivity contribution >= 4 is 28.0 Å². The summed E-state index contributed by atoms with van der Waals surface area (Å²) in [5.41, 5.74) is -1.42. The van der Waals surface area contributed by atoms with E-state index in [9.17, 15) is 31.5 Å². The zero-order valence-corrected chi connectivity index (χ0v) is 19.4. The van der Waals surface area contributed by atoms with Crippen LogP contribution in [0.25, 0.3) is 0 Å². The third-order valence-electron chi connectivity index (χ3n) is 6.04. The molecule has 2 aliphatic rings. The molecule has 4 rings (SSSR count). The number of pyridine rings is 1. The maximum absolute atomic E-state index is 14.9. The highest BCUT2D eigenvalue weighted by Gasteiger charge is 2.61. The van der Waals surface area contributed by atoms with Crippen LogP contribution < -0.4 is 15.4 Å². The molecule has 190 valence electrons. The van der Waals surface area contributed by atoms with E-state index in [0.717, 1.165) is 24.4 Å². The van der Waals surface area contributed by atoms with Gasteiger partial charge < -0.3 is 20.3 Å². The van der Waals surface area contributed by atoms with Gasteiger partial charge in [-0.2, -0.15) is 10.6 Å². The molecular weight excluding hydrogens is 494 g/mol. The summed E-state index contributed by atoms with van der Waals surface area (Å²) in [4.78, 5) is 18.0. The van der Waals surface area contributed by atoms with Crippen molar-refractivity contribution < 1.29 is 36.2 Å². The third kappa shape index (κ3) is 4.66. The lowest BCUT2D eigenvalue weighted by atomic mass is 9.89. The number of nitrogens with zero attached hydrogens (tertiary/aromatic N) is 2. The summed E-state index contributed by atoms with van der Waals surface area (Å²) in [6.45, 7) is 2.11. The summed E-state index contributed by atoms with van der Waals surface area (Å²) in [6.07, 6.45) is -4.15. The number of rotatable bonds is 4. The Morgan fingerprint density at radius 3 is 2.51 bits per heavy atom. The van der Waals surface area contributed by atoms with E-state index in [1.165, 1.54) is 19.1 Å². The lowest BCUT2D eigenvalue weighted by molar-refractivity contribution is -0.274. The molecule has 1 amide bonds. The van der Waals surface area contributed by atoms with E-state index in [2.05, 4.69) is 20.4 Å². The van der Waals surface area contributed by atoms with Crippen molar-refractivity contribution in [3.8, 4) is 5.75 Å². The molecule has 14 heteroatoms. The largest absolute Gasteiger partial charge is 0.573 e. The van der Waals surface area contributed by atoms with Crippen molar-refractivity contribution in [1.82, 2.24) is 15.2 Å². The van der Waals surface area contributed by atoms with Gasteiger partial charge in [0.15, 0.2) is 0 Å². The van der Waals surface area contributed by atoms with Gasteiger partial charge in [0, 0.05) is 24.3 Å². The van der Waals surface area contributed by atoms with E-state index in [1.54, 1.807) is 7.05 Å². The Labute approximate surface area is 199 Å². The molecule has 5 N–H and O–H groups in total. The number of carbonyl (C=O) groups is 1. The summed E-state index contributed by atoms with van der Waals surface area (Å²) < 4.78 is 76.2. The Bertz CT molecular complexity index is 1170. The number of halogens is 4. The molecule has 1 atom stereocenters. The van der Waals surface area contributed by atoms with Crippen LogP contribution in [0.15, 0.2) is 36.5 Å². The molecule has 0 radical (unpaired) electrons. The van der Waals surface area contributed by atoms with Crippen molar-refractivity contribution in [3.63, 3.8) is 0 Å². The number of ether oxygens (including phenoxy) is 1. The molecular formula is C21H23F4N5O4S. The van der Waals surface area contributed by atoms with E-state index < -0.39 is 44.7 Å². The molecule has 0 bridgehead atoms. The second-order valence-electron chi connectivity index (χ2n) is 8.89. The smallest absolute Gasteiger partial charge is 0.404 e. The Kier molecular flexibility index (Phi) is 5.99. The van der Waals surface area contributed by atoms with Gasteiger partial charge >= 0.3 is 6.36 Å². The van der Waals surface area contributed by atoms with Crippen LogP contribution in [0, 0.1) is 11.2 Å². The average molecular weight is 518 g/mol. The topological polar surface area (TPSA) is 131 Å². The fourth-order valence-electron chi connectivity index (χ4n) is 4.40. The number of carbonyl (C=O) groups excluding carboxylic acids is 1. The van der Waals surface area contributed by atoms with Crippen LogP contribution in [0.1, 0.15) is 23.0 Å². The lowest BCUT2D eigenvalue weighted by Crippen LogP contribution is -2.75. The molecule has 0 aliphatic carbocycles. The molecule has 35 heavy (non-hydrogen) atoms. The van der Waals surface area contributed by atoms with E-state index in [4.69, 9.17) is 5.41 Å². The molecule has 2 aromatic rings. The highest BCUT2D eigenvalue weighted by atomic mass is 32.3. The molecule has 2 saturated heterocycles. The SMILES string of the molecule is CN1CC2(C1)C(=N)N[C@](C)(c1cc(NC(=O)c3ccc(OC(F)(F)F)cn3)ccc1F)CS2(O)O. The quantitative estimate of drug-likeness (QED) is 0.392. The number of hydrogen-bond donors (Lipinski definition) is 5. The molecule has 3 heterocycles. The van der Waals surface area contributed by atoms with Gasteiger partial charge in [0.2, 0.25) is 0 Å². The number of amidine groups is 1. The maximum Gasteiger partial charge on any atom is 0.573 e. The van der Waals surface area contributed by atoms with Gasteiger partial charge in [-0.25, -0.2) is 9.37 Å². The summed E-state index contributed by atoms with van der Waals surface area (Å²) in [7, 11) is -1.53. The number of amides is 1. The van der Waals surface area contributed by atoms with Gasteiger partial charge in [0.05, 0.1) is 17.5 Å². The number of hydrogen-bond acceptors (Lipinski definition) is 7. The summed E-state index contributed by atoms with van der Waals surface area (Å²) in [6, 6.07) is 5.63. The summed E-state index contributed by atoms with van der Waals surface area (Å²) in [5, 5.41) is 13.9. The normalized spacial score (nSPS) is 24.3. The number of alkyl halides is 3. The molecule has 9 nitrogen and oxygen atoms in total. The van der Waals surface area contributed by atoms with E-state index >= 15 is 0 Å². The first kappa shape index (κ1) is 25.2. The number of anilines is 1. The molecule has 2 aliphatic heterocycles. The van der Waals surface area contributed by atoms with Gasteiger partial charge in [0.25, 0.3) is 5.91 Å². The van der Waals surface area contributed by atoms with Gasteiger partial charge in [-0.05, 0) is 44.3 Å². The highest BCUT2D eigenvalue weighted by molar-refractivity contribution is 8.26. The Morgan fingerprint density at radius 1 is 1.29 bits per heavy atom. The van der Waals surface area contributed by atoms with Crippen LogP contribution in [-0.2, 0) is 5.54 Å². The van der Waals surface area contributed by atoms with Gasteiger partial charge in [-0.15, -0.1) is 13.2 Å². The first-order valence-corrected chi connectivity index (χ1v) is 12.0. The number of nitrogens with one attached hydrogen (secondary N) is 3. The minimum Gasteiger partial charge on any atom is -0.404 e.